The number of carbonyl (C=O) groups is 1. The zero-order valence-corrected chi connectivity index (χ0v) is 18.9. The molecule has 0 saturated heterocycles. The predicted molar refractivity (Wildman–Crippen MR) is 133 cm³/mol. The van der Waals surface area contributed by atoms with Gasteiger partial charge in [-0.05, 0) is 59.0 Å². The molecule has 1 aromatic heterocycles. The molecule has 4 aromatic rings. The average molecular weight is 455 g/mol. The summed E-state index contributed by atoms with van der Waals surface area (Å²) < 4.78 is 13.0. The molecule has 1 aliphatic heterocycles. The van der Waals surface area contributed by atoms with E-state index in [4.69, 9.17) is 9.47 Å². The Balaban J connectivity index is 1.38. The van der Waals surface area contributed by atoms with Crippen LogP contribution in [0, 0.1) is 0 Å². The zero-order valence-electron chi connectivity index (χ0n) is 18.9. The fraction of sp³-hybridized carbons (Fsp3) is 0.179. The summed E-state index contributed by atoms with van der Waals surface area (Å²) in [6, 6.07) is 21.9. The molecule has 0 radical (unpaired) electrons. The first kappa shape index (κ1) is 21.8. The van der Waals surface area contributed by atoms with Crippen molar-refractivity contribution >= 4 is 23.1 Å². The lowest BCUT2D eigenvalue weighted by atomic mass is 9.93. The summed E-state index contributed by atoms with van der Waals surface area (Å²) in [7, 11) is 1.66. The third-order valence-electron chi connectivity index (χ3n) is 6.16. The SMILES string of the molecule is COc1cc2c(cc1OCc1ccccc1)CCNC2/C=C/c1ccc2c(ccn2C(=O)O)c1. The number of rotatable bonds is 6. The van der Waals surface area contributed by atoms with Gasteiger partial charge in [0.25, 0.3) is 0 Å². The van der Waals surface area contributed by atoms with Crippen LogP contribution in [0.2, 0.25) is 0 Å². The number of carboxylic acid groups (broad SMARTS) is 1. The van der Waals surface area contributed by atoms with Crippen molar-refractivity contribution < 1.29 is 19.4 Å². The van der Waals surface area contributed by atoms with E-state index in [9.17, 15) is 9.90 Å². The number of ether oxygens (including phenoxy) is 2. The highest BCUT2D eigenvalue weighted by atomic mass is 16.5. The van der Waals surface area contributed by atoms with Crippen LogP contribution in [0.1, 0.15) is 28.3 Å². The number of hydrogen-bond donors (Lipinski definition) is 2. The summed E-state index contributed by atoms with van der Waals surface area (Å²) in [5.74, 6) is 1.47. The van der Waals surface area contributed by atoms with Crippen LogP contribution in [0.5, 0.6) is 11.5 Å². The Bertz CT molecular complexity index is 1360. The first-order valence-electron chi connectivity index (χ1n) is 11.3. The maximum Gasteiger partial charge on any atom is 0.415 e. The van der Waals surface area contributed by atoms with Gasteiger partial charge in [-0.3, -0.25) is 4.57 Å². The van der Waals surface area contributed by atoms with E-state index in [0.717, 1.165) is 35.2 Å². The molecule has 0 spiro atoms. The van der Waals surface area contributed by atoms with Crippen LogP contribution in [-0.2, 0) is 13.0 Å². The van der Waals surface area contributed by atoms with Crippen LogP contribution in [-0.4, -0.2) is 29.4 Å². The third-order valence-corrected chi connectivity index (χ3v) is 6.16. The van der Waals surface area contributed by atoms with Gasteiger partial charge in [0.05, 0.1) is 18.7 Å². The van der Waals surface area contributed by atoms with Crippen molar-refractivity contribution in [3.05, 3.63) is 101 Å². The van der Waals surface area contributed by atoms with Gasteiger partial charge in [0.2, 0.25) is 0 Å². The summed E-state index contributed by atoms with van der Waals surface area (Å²) in [5, 5.41) is 13.7. The summed E-state index contributed by atoms with van der Waals surface area (Å²) in [4.78, 5) is 11.3. The predicted octanol–water partition coefficient (Wildman–Crippen LogP) is 5.66. The molecule has 0 fully saturated rings. The maximum atomic E-state index is 11.3. The highest BCUT2D eigenvalue weighted by Crippen LogP contribution is 2.36. The summed E-state index contributed by atoms with van der Waals surface area (Å²) in [6.45, 7) is 1.36. The largest absolute Gasteiger partial charge is 0.493 e. The van der Waals surface area contributed by atoms with Gasteiger partial charge < -0.3 is 19.9 Å². The van der Waals surface area contributed by atoms with Crippen molar-refractivity contribution in [3.8, 4) is 11.5 Å². The molecule has 1 aliphatic rings. The fourth-order valence-corrected chi connectivity index (χ4v) is 4.41. The Hall–Kier alpha value is -4.03. The minimum atomic E-state index is -0.984. The molecule has 1 atom stereocenters. The number of benzene rings is 3. The average Bonchev–Trinajstić information content (AvgIpc) is 3.30. The molecule has 2 heterocycles. The minimum Gasteiger partial charge on any atom is -0.493 e. The van der Waals surface area contributed by atoms with Crippen molar-refractivity contribution in [1.29, 1.82) is 0 Å². The Kier molecular flexibility index (Phi) is 6.06. The molecule has 0 amide bonds. The van der Waals surface area contributed by atoms with E-state index in [1.54, 1.807) is 13.3 Å². The second-order valence-electron chi connectivity index (χ2n) is 8.30. The van der Waals surface area contributed by atoms with Gasteiger partial charge in [-0.25, -0.2) is 4.79 Å². The highest BCUT2D eigenvalue weighted by molar-refractivity contribution is 5.90. The van der Waals surface area contributed by atoms with Crippen LogP contribution in [0.25, 0.3) is 17.0 Å². The molecule has 3 aromatic carbocycles. The fourth-order valence-electron chi connectivity index (χ4n) is 4.41. The Morgan fingerprint density at radius 2 is 1.97 bits per heavy atom. The highest BCUT2D eigenvalue weighted by Gasteiger charge is 2.21. The lowest BCUT2D eigenvalue weighted by Crippen LogP contribution is -2.28. The van der Waals surface area contributed by atoms with E-state index in [2.05, 4.69) is 29.6 Å². The Labute approximate surface area is 198 Å². The number of methoxy groups -OCH3 is 1. The van der Waals surface area contributed by atoms with Gasteiger partial charge in [-0.2, -0.15) is 0 Å². The third kappa shape index (κ3) is 4.40. The minimum absolute atomic E-state index is 0.0418. The molecule has 0 saturated carbocycles. The number of aromatic nitrogens is 1. The first-order chi connectivity index (χ1) is 16.6. The van der Waals surface area contributed by atoms with E-state index in [-0.39, 0.29) is 6.04 Å². The van der Waals surface area contributed by atoms with E-state index in [1.165, 1.54) is 15.7 Å². The molecular weight excluding hydrogens is 428 g/mol. The van der Waals surface area contributed by atoms with Crippen molar-refractivity contribution in [2.45, 2.75) is 19.1 Å². The van der Waals surface area contributed by atoms with Crippen molar-refractivity contribution in [2.24, 2.45) is 0 Å². The van der Waals surface area contributed by atoms with Crippen molar-refractivity contribution in [2.75, 3.05) is 13.7 Å². The number of hydrogen-bond acceptors (Lipinski definition) is 4. The zero-order chi connectivity index (χ0) is 23.5. The Morgan fingerprint density at radius 1 is 1.12 bits per heavy atom. The molecule has 34 heavy (non-hydrogen) atoms. The number of nitrogens with one attached hydrogen (secondary N) is 1. The molecule has 0 aliphatic carbocycles. The van der Waals surface area contributed by atoms with Crippen LogP contribution in [0.3, 0.4) is 0 Å². The first-order valence-corrected chi connectivity index (χ1v) is 11.3. The standard InChI is InChI=1S/C28H26N2O4/c1-33-26-17-23-21(16-27(26)34-18-20-5-3-2-4-6-20)11-13-29-24(23)9-7-19-8-10-25-22(15-19)12-14-30(25)28(31)32/h2-10,12,14-17,24,29H,11,13,18H2,1H3,(H,31,32)/b9-7+. The van der Waals surface area contributed by atoms with Gasteiger partial charge in [0.15, 0.2) is 11.5 Å². The van der Waals surface area contributed by atoms with Crippen molar-refractivity contribution in [3.63, 3.8) is 0 Å². The van der Waals surface area contributed by atoms with Crippen molar-refractivity contribution in [1.82, 2.24) is 9.88 Å². The van der Waals surface area contributed by atoms with Crippen LogP contribution in [0.15, 0.2) is 79.0 Å². The monoisotopic (exact) mass is 454 g/mol. The smallest absolute Gasteiger partial charge is 0.415 e. The summed E-state index contributed by atoms with van der Waals surface area (Å²) in [6.07, 6.45) is 5.71. The summed E-state index contributed by atoms with van der Waals surface area (Å²) >= 11 is 0. The normalized spacial score (nSPS) is 15.4. The van der Waals surface area contributed by atoms with E-state index >= 15 is 0 Å². The molecule has 2 N–H and O–H groups in total. The molecule has 6 heteroatoms. The lowest BCUT2D eigenvalue weighted by molar-refractivity contribution is 0.197. The van der Waals surface area contributed by atoms with E-state index < -0.39 is 6.09 Å². The van der Waals surface area contributed by atoms with E-state index in [1.807, 2.05) is 54.6 Å². The molecular formula is C28H26N2O4. The van der Waals surface area contributed by atoms with Gasteiger partial charge >= 0.3 is 6.09 Å². The van der Waals surface area contributed by atoms with Crippen LogP contribution < -0.4 is 14.8 Å². The number of nitrogens with zero attached hydrogens (tertiary/aromatic N) is 1. The quantitative estimate of drug-likeness (QED) is 0.394. The molecule has 0 bridgehead atoms. The van der Waals surface area contributed by atoms with Crippen LogP contribution >= 0.6 is 0 Å². The second kappa shape index (κ2) is 9.45. The van der Waals surface area contributed by atoms with Gasteiger partial charge in [-0.1, -0.05) is 48.6 Å². The topological polar surface area (TPSA) is 72.7 Å². The molecule has 1 unspecified atom stereocenters. The van der Waals surface area contributed by atoms with Gasteiger partial charge in [0, 0.05) is 18.1 Å². The molecule has 172 valence electrons. The molecule has 5 rings (SSSR count). The summed E-state index contributed by atoms with van der Waals surface area (Å²) in [5.41, 5.74) is 5.22. The number of fused-ring (bicyclic) bond motifs is 2. The Morgan fingerprint density at radius 3 is 2.76 bits per heavy atom. The van der Waals surface area contributed by atoms with Gasteiger partial charge in [-0.15, -0.1) is 0 Å². The maximum absolute atomic E-state index is 11.3. The lowest BCUT2D eigenvalue weighted by Gasteiger charge is -2.26. The van der Waals surface area contributed by atoms with Crippen LogP contribution in [0.4, 0.5) is 4.79 Å². The molecule has 6 nitrogen and oxygen atoms in total. The second-order valence-corrected chi connectivity index (χ2v) is 8.30. The van der Waals surface area contributed by atoms with Gasteiger partial charge in [0.1, 0.15) is 6.61 Å². The van der Waals surface area contributed by atoms with E-state index in [0.29, 0.717) is 17.9 Å².